The number of ether oxygens (including phenoxy) is 2. The molecule has 2 aliphatic heterocycles. The standard InChI is InChI=1S/C23H21NO7/c1-13-4-6-14(7-5-13)21(27)19-20(15-8-9-16-17(11-15)31-12-30-16)24(23(29)22(19)28)10-2-3-18(25)26/h4-9,11,20,27H,2-3,10,12H2,1H3,(H,25,26). The summed E-state index contributed by atoms with van der Waals surface area (Å²) in [4.78, 5) is 38.0. The van der Waals surface area contributed by atoms with Crippen LogP contribution in [0.3, 0.4) is 0 Å². The van der Waals surface area contributed by atoms with Gasteiger partial charge in [0.15, 0.2) is 11.5 Å². The number of aliphatic hydroxyl groups excluding tert-OH is 1. The highest BCUT2D eigenvalue weighted by Crippen LogP contribution is 2.43. The van der Waals surface area contributed by atoms with Gasteiger partial charge < -0.3 is 24.6 Å². The van der Waals surface area contributed by atoms with Crippen molar-refractivity contribution in [1.29, 1.82) is 0 Å². The van der Waals surface area contributed by atoms with E-state index in [1.807, 2.05) is 6.92 Å². The maximum absolute atomic E-state index is 12.9. The van der Waals surface area contributed by atoms with Crippen LogP contribution in [0.2, 0.25) is 0 Å². The van der Waals surface area contributed by atoms with Gasteiger partial charge in [-0.3, -0.25) is 14.4 Å². The molecule has 2 N–H and O–H groups in total. The summed E-state index contributed by atoms with van der Waals surface area (Å²) in [7, 11) is 0. The number of aryl methyl sites for hydroxylation is 1. The highest BCUT2D eigenvalue weighted by molar-refractivity contribution is 6.46. The third-order valence-corrected chi connectivity index (χ3v) is 5.37. The number of fused-ring (bicyclic) bond motifs is 1. The Bertz CT molecular complexity index is 1090. The molecule has 31 heavy (non-hydrogen) atoms. The zero-order valence-corrected chi connectivity index (χ0v) is 16.8. The van der Waals surface area contributed by atoms with Crippen LogP contribution in [0.4, 0.5) is 0 Å². The third kappa shape index (κ3) is 3.84. The van der Waals surface area contributed by atoms with Crippen molar-refractivity contribution in [1.82, 2.24) is 4.90 Å². The second-order valence-corrected chi connectivity index (χ2v) is 7.47. The van der Waals surface area contributed by atoms with E-state index in [9.17, 15) is 19.5 Å². The van der Waals surface area contributed by atoms with E-state index in [1.165, 1.54) is 4.90 Å². The normalized spacial score (nSPS) is 19.1. The first-order chi connectivity index (χ1) is 14.9. The van der Waals surface area contributed by atoms with Gasteiger partial charge in [0.05, 0.1) is 11.6 Å². The molecule has 2 heterocycles. The first kappa shape index (κ1) is 20.5. The number of likely N-dealkylation sites (tertiary alicyclic amines) is 1. The number of carbonyl (C=O) groups excluding carboxylic acids is 2. The van der Waals surface area contributed by atoms with Crippen LogP contribution in [0.5, 0.6) is 11.5 Å². The third-order valence-electron chi connectivity index (χ3n) is 5.37. The molecule has 0 aromatic heterocycles. The first-order valence-electron chi connectivity index (χ1n) is 9.83. The molecule has 1 saturated heterocycles. The molecule has 0 spiro atoms. The highest BCUT2D eigenvalue weighted by atomic mass is 16.7. The molecule has 1 amide bonds. The zero-order valence-electron chi connectivity index (χ0n) is 16.8. The van der Waals surface area contributed by atoms with E-state index in [-0.39, 0.29) is 37.5 Å². The molecular formula is C23H21NO7. The average molecular weight is 423 g/mol. The van der Waals surface area contributed by atoms with Crippen molar-refractivity contribution in [2.24, 2.45) is 0 Å². The van der Waals surface area contributed by atoms with E-state index in [2.05, 4.69) is 0 Å². The SMILES string of the molecule is Cc1ccc(C(O)=C2C(=O)C(=O)N(CCCC(=O)O)C2c2ccc3c(c2)OCO3)cc1. The molecule has 0 aliphatic carbocycles. The van der Waals surface area contributed by atoms with Gasteiger partial charge in [-0.05, 0) is 31.0 Å². The van der Waals surface area contributed by atoms with Gasteiger partial charge in [-0.2, -0.15) is 0 Å². The van der Waals surface area contributed by atoms with Crippen molar-refractivity contribution in [3.05, 3.63) is 64.7 Å². The van der Waals surface area contributed by atoms with Crippen LogP contribution in [0, 0.1) is 6.92 Å². The van der Waals surface area contributed by atoms with Crippen LogP contribution in [0.25, 0.3) is 5.76 Å². The molecule has 0 bridgehead atoms. The van der Waals surface area contributed by atoms with Crippen LogP contribution in [0.15, 0.2) is 48.0 Å². The Morgan fingerprint density at radius 2 is 1.77 bits per heavy atom. The first-order valence-corrected chi connectivity index (χ1v) is 9.83. The number of aliphatic carboxylic acids is 1. The van der Waals surface area contributed by atoms with E-state index in [1.54, 1.807) is 42.5 Å². The fourth-order valence-corrected chi connectivity index (χ4v) is 3.81. The number of rotatable bonds is 6. The molecule has 2 aromatic rings. The molecule has 2 aliphatic rings. The van der Waals surface area contributed by atoms with E-state index < -0.39 is 23.7 Å². The largest absolute Gasteiger partial charge is 0.507 e. The quantitative estimate of drug-likeness (QED) is 0.417. The van der Waals surface area contributed by atoms with Gasteiger partial charge in [-0.15, -0.1) is 0 Å². The van der Waals surface area contributed by atoms with Crippen molar-refractivity contribution in [2.45, 2.75) is 25.8 Å². The number of Topliss-reactive ketones (excluding diaryl/α,β-unsaturated/α-hetero) is 1. The van der Waals surface area contributed by atoms with E-state index in [0.29, 0.717) is 22.6 Å². The summed E-state index contributed by atoms with van der Waals surface area (Å²) in [6.45, 7) is 2.03. The number of carbonyl (C=O) groups is 3. The Hall–Kier alpha value is -3.81. The second-order valence-electron chi connectivity index (χ2n) is 7.47. The fraction of sp³-hybridized carbons (Fsp3) is 0.261. The van der Waals surface area contributed by atoms with Gasteiger partial charge in [0, 0.05) is 18.5 Å². The maximum atomic E-state index is 12.9. The molecule has 0 saturated carbocycles. The minimum atomic E-state index is -0.990. The van der Waals surface area contributed by atoms with Crippen molar-refractivity contribution in [3.8, 4) is 11.5 Å². The van der Waals surface area contributed by atoms with Crippen LogP contribution in [-0.4, -0.2) is 46.1 Å². The van der Waals surface area contributed by atoms with Gasteiger partial charge in [-0.1, -0.05) is 35.9 Å². The lowest BCUT2D eigenvalue weighted by Crippen LogP contribution is -2.31. The monoisotopic (exact) mass is 423 g/mol. The average Bonchev–Trinajstić information content (AvgIpc) is 3.31. The Morgan fingerprint density at radius 1 is 1.06 bits per heavy atom. The number of hydrogen-bond acceptors (Lipinski definition) is 6. The molecule has 1 unspecified atom stereocenters. The lowest BCUT2D eigenvalue weighted by atomic mass is 9.94. The summed E-state index contributed by atoms with van der Waals surface area (Å²) in [5.74, 6) is -1.83. The summed E-state index contributed by atoms with van der Waals surface area (Å²) in [5.41, 5.74) is 1.92. The number of ketones is 1. The van der Waals surface area contributed by atoms with Crippen LogP contribution in [0.1, 0.15) is 35.6 Å². The Kier molecular flexibility index (Phi) is 5.37. The summed E-state index contributed by atoms with van der Waals surface area (Å²) in [6.07, 6.45) is 0.0306. The van der Waals surface area contributed by atoms with E-state index >= 15 is 0 Å². The summed E-state index contributed by atoms with van der Waals surface area (Å²) in [6, 6.07) is 11.1. The van der Waals surface area contributed by atoms with Crippen molar-refractivity contribution >= 4 is 23.4 Å². The zero-order chi connectivity index (χ0) is 22.1. The number of hydrogen-bond donors (Lipinski definition) is 2. The number of nitrogens with zero attached hydrogens (tertiary/aromatic N) is 1. The molecule has 0 radical (unpaired) electrons. The van der Waals surface area contributed by atoms with Gasteiger partial charge in [0.1, 0.15) is 5.76 Å². The van der Waals surface area contributed by atoms with Crippen LogP contribution in [-0.2, 0) is 14.4 Å². The highest BCUT2D eigenvalue weighted by Gasteiger charge is 2.46. The number of carboxylic acids is 1. The van der Waals surface area contributed by atoms with Crippen molar-refractivity contribution < 1.29 is 34.1 Å². The second kappa shape index (κ2) is 8.14. The smallest absolute Gasteiger partial charge is 0.303 e. The maximum Gasteiger partial charge on any atom is 0.303 e. The lowest BCUT2D eigenvalue weighted by Gasteiger charge is -2.25. The van der Waals surface area contributed by atoms with Crippen molar-refractivity contribution in [2.75, 3.05) is 13.3 Å². The molecule has 1 atom stereocenters. The van der Waals surface area contributed by atoms with Gasteiger partial charge in [0.2, 0.25) is 6.79 Å². The van der Waals surface area contributed by atoms with Crippen molar-refractivity contribution in [3.63, 3.8) is 0 Å². The number of benzene rings is 2. The Balaban J connectivity index is 1.80. The molecule has 4 rings (SSSR count). The number of carboxylic acid groups (broad SMARTS) is 1. The lowest BCUT2D eigenvalue weighted by molar-refractivity contribution is -0.140. The predicted molar refractivity (Wildman–Crippen MR) is 110 cm³/mol. The van der Waals surface area contributed by atoms with Gasteiger partial charge in [-0.25, -0.2) is 0 Å². The minimum Gasteiger partial charge on any atom is -0.507 e. The predicted octanol–water partition coefficient (Wildman–Crippen LogP) is 3.01. The van der Waals surface area contributed by atoms with E-state index in [0.717, 1.165) is 5.56 Å². The summed E-state index contributed by atoms with van der Waals surface area (Å²) < 4.78 is 10.8. The Morgan fingerprint density at radius 3 is 2.48 bits per heavy atom. The summed E-state index contributed by atoms with van der Waals surface area (Å²) >= 11 is 0. The topological polar surface area (TPSA) is 113 Å². The molecule has 1 fully saturated rings. The molecule has 8 heteroatoms. The van der Waals surface area contributed by atoms with Crippen LogP contribution < -0.4 is 9.47 Å². The number of aliphatic hydroxyl groups is 1. The van der Waals surface area contributed by atoms with Gasteiger partial charge in [0.25, 0.3) is 11.7 Å². The summed E-state index contributed by atoms with van der Waals surface area (Å²) in [5, 5.41) is 19.9. The van der Waals surface area contributed by atoms with E-state index in [4.69, 9.17) is 14.6 Å². The van der Waals surface area contributed by atoms with Crippen LogP contribution >= 0.6 is 0 Å². The number of amides is 1. The Labute approximate surface area is 178 Å². The molecular weight excluding hydrogens is 402 g/mol. The molecule has 2 aromatic carbocycles. The van der Waals surface area contributed by atoms with Gasteiger partial charge >= 0.3 is 5.97 Å². The fourth-order valence-electron chi connectivity index (χ4n) is 3.81. The minimum absolute atomic E-state index is 0.0388. The molecule has 8 nitrogen and oxygen atoms in total. The molecule has 160 valence electrons.